The second-order valence-corrected chi connectivity index (χ2v) is 5.78. The zero-order valence-corrected chi connectivity index (χ0v) is 13.9. The highest BCUT2D eigenvalue weighted by molar-refractivity contribution is 6.30. The van der Waals surface area contributed by atoms with Gasteiger partial charge in [0.15, 0.2) is 0 Å². The first kappa shape index (κ1) is 17.0. The predicted octanol–water partition coefficient (Wildman–Crippen LogP) is 2.27. The zero-order chi connectivity index (χ0) is 17.1. The molecule has 1 aromatic heterocycles. The van der Waals surface area contributed by atoms with Gasteiger partial charge in [0.05, 0.1) is 17.8 Å². The second-order valence-electron chi connectivity index (χ2n) is 5.34. The number of carbonyl (C=O) groups excluding carboxylic acids is 1. The van der Waals surface area contributed by atoms with Gasteiger partial charge in [0, 0.05) is 16.3 Å². The van der Waals surface area contributed by atoms with Crippen molar-refractivity contribution >= 4 is 23.5 Å². The molecule has 2 N–H and O–H groups in total. The second kappa shape index (κ2) is 6.83. The van der Waals surface area contributed by atoms with Gasteiger partial charge in [-0.25, -0.2) is 4.68 Å². The van der Waals surface area contributed by atoms with Gasteiger partial charge in [-0.2, -0.15) is 5.10 Å². The molecule has 0 spiro atoms. The van der Waals surface area contributed by atoms with Crippen molar-refractivity contribution in [3.8, 4) is 5.69 Å². The number of hydrogen-bond donors (Lipinski definition) is 2. The highest BCUT2D eigenvalue weighted by atomic mass is 35.5. The van der Waals surface area contributed by atoms with Gasteiger partial charge >= 0.3 is 5.97 Å². The van der Waals surface area contributed by atoms with Crippen molar-refractivity contribution in [1.29, 1.82) is 0 Å². The van der Waals surface area contributed by atoms with E-state index in [9.17, 15) is 9.59 Å². The van der Waals surface area contributed by atoms with Crippen molar-refractivity contribution in [2.45, 2.75) is 33.2 Å². The lowest BCUT2D eigenvalue weighted by molar-refractivity contribution is -0.141. The summed E-state index contributed by atoms with van der Waals surface area (Å²) in [6, 6.07) is 6.31. The number of hydrogen-bond acceptors (Lipinski definition) is 3. The quantitative estimate of drug-likeness (QED) is 0.878. The summed E-state index contributed by atoms with van der Waals surface area (Å²) in [4.78, 5) is 22.8. The van der Waals surface area contributed by atoms with Crippen molar-refractivity contribution in [3.05, 3.63) is 46.2 Å². The van der Waals surface area contributed by atoms with E-state index in [0.29, 0.717) is 5.02 Å². The summed E-state index contributed by atoms with van der Waals surface area (Å²) in [7, 11) is 0. The van der Waals surface area contributed by atoms with Gasteiger partial charge in [-0.1, -0.05) is 11.6 Å². The normalized spacial score (nSPS) is 12.0. The highest BCUT2D eigenvalue weighted by Crippen LogP contribution is 2.20. The van der Waals surface area contributed by atoms with Crippen molar-refractivity contribution in [2.24, 2.45) is 0 Å². The van der Waals surface area contributed by atoms with E-state index in [2.05, 4.69) is 10.4 Å². The molecule has 0 bridgehead atoms. The first-order valence-corrected chi connectivity index (χ1v) is 7.50. The van der Waals surface area contributed by atoms with E-state index in [-0.39, 0.29) is 12.3 Å². The van der Waals surface area contributed by atoms with E-state index in [0.717, 1.165) is 22.6 Å². The standard InChI is InChI=1S/C16H18ClN3O3/c1-9-14(8-15(21)18-10(2)16(22)23)11(3)20(19-9)13-6-4-12(17)5-7-13/h4-7,10H,8H2,1-3H3,(H,18,21)(H,22,23)/t10-/m1/s1. The van der Waals surface area contributed by atoms with E-state index < -0.39 is 12.0 Å². The van der Waals surface area contributed by atoms with Crippen LogP contribution < -0.4 is 5.32 Å². The summed E-state index contributed by atoms with van der Waals surface area (Å²) in [6.07, 6.45) is 0.0862. The average Bonchev–Trinajstić information content (AvgIpc) is 2.76. The molecule has 1 aromatic carbocycles. The third-order valence-electron chi connectivity index (χ3n) is 3.60. The fraction of sp³-hybridized carbons (Fsp3) is 0.312. The molecule has 1 atom stereocenters. The largest absolute Gasteiger partial charge is 0.480 e. The maximum Gasteiger partial charge on any atom is 0.325 e. The minimum Gasteiger partial charge on any atom is -0.480 e. The number of benzene rings is 1. The summed E-state index contributed by atoms with van der Waals surface area (Å²) in [5, 5.41) is 16.4. The summed E-state index contributed by atoms with van der Waals surface area (Å²) in [5.41, 5.74) is 3.20. The van der Waals surface area contributed by atoms with Crippen LogP contribution in [0.2, 0.25) is 5.02 Å². The number of carbonyl (C=O) groups is 2. The Labute approximate surface area is 139 Å². The van der Waals surface area contributed by atoms with Crippen LogP contribution >= 0.6 is 11.6 Å². The van der Waals surface area contributed by atoms with Crippen molar-refractivity contribution in [1.82, 2.24) is 15.1 Å². The molecular formula is C16H18ClN3O3. The Kier molecular flexibility index (Phi) is 5.05. The maximum absolute atomic E-state index is 12.0. The van der Waals surface area contributed by atoms with E-state index in [4.69, 9.17) is 16.7 Å². The van der Waals surface area contributed by atoms with E-state index in [1.165, 1.54) is 6.92 Å². The summed E-state index contributed by atoms with van der Waals surface area (Å²) >= 11 is 5.89. The van der Waals surface area contributed by atoms with E-state index >= 15 is 0 Å². The lowest BCUT2D eigenvalue weighted by atomic mass is 10.1. The van der Waals surface area contributed by atoms with Crippen molar-refractivity contribution < 1.29 is 14.7 Å². The maximum atomic E-state index is 12.0. The molecule has 122 valence electrons. The van der Waals surface area contributed by atoms with Gasteiger partial charge in [-0.05, 0) is 45.0 Å². The Hall–Kier alpha value is -2.34. The van der Waals surface area contributed by atoms with Crippen molar-refractivity contribution in [3.63, 3.8) is 0 Å². The number of aromatic nitrogens is 2. The molecule has 0 radical (unpaired) electrons. The summed E-state index contributed by atoms with van der Waals surface area (Å²) < 4.78 is 1.74. The lowest BCUT2D eigenvalue weighted by Gasteiger charge is -2.09. The Morgan fingerprint density at radius 3 is 2.48 bits per heavy atom. The molecule has 1 heterocycles. The van der Waals surface area contributed by atoms with Gasteiger partial charge in [0.1, 0.15) is 6.04 Å². The first-order valence-electron chi connectivity index (χ1n) is 7.12. The topological polar surface area (TPSA) is 84.2 Å². The number of rotatable bonds is 5. The fourth-order valence-corrected chi connectivity index (χ4v) is 2.41. The number of carboxylic acids is 1. The van der Waals surface area contributed by atoms with E-state index in [1.807, 2.05) is 26.0 Å². The SMILES string of the molecule is Cc1nn(-c2ccc(Cl)cc2)c(C)c1CC(=O)N[C@H](C)C(=O)O. The first-order chi connectivity index (χ1) is 10.8. The van der Waals surface area contributed by atoms with Gasteiger partial charge < -0.3 is 10.4 Å². The molecule has 23 heavy (non-hydrogen) atoms. The number of aryl methyl sites for hydroxylation is 1. The minimum atomic E-state index is -1.07. The van der Waals surface area contributed by atoms with Crippen LogP contribution in [0.4, 0.5) is 0 Å². The summed E-state index contributed by atoms with van der Waals surface area (Å²) in [6.45, 7) is 5.12. The number of nitrogens with one attached hydrogen (secondary N) is 1. The fourth-order valence-electron chi connectivity index (χ4n) is 2.28. The molecule has 2 rings (SSSR count). The van der Waals surface area contributed by atoms with E-state index in [1.54, 1.807) is 16.8 Å². The van der Waals surface area contributed by atoms with Crippen LogP contribution in [-0.4, -0.2) is 32.8 Å². The number of aliphatic carboxylic acids is 1. The monoisotopic (exact) mass is 335 g/mol. The van der Waals surface area contributed by atoms with Crippen LogP contribution in [0.15, 0.2) is 24.3 Å². The molecule has 6 nitrogen and oxygen atoms in total. The minimum absolute atomic E-state index is 0.0862. The number of halogens is 1. The Morgan fingerprint density at radius 1 is 1.30 bits per heavy atom. The molecule has 0 aliphatic carbocycles. The Morgan fingerprint density at radius 2 is 1.91 bits per heavy atom. The molecular weight excluding hydrogens is 318 g/mol. The molecule has 0 aliphatic heterocycles. The molecule has 0 fully saturated rings. The number of carboxylic acid groups (broad SMARTS) is 1. The molecule has 0 saturated carbocycles. The van der Waals surface area contributed by atoms with Gasteiger partial charge in [0.25, 0.3) is 0 Å². The van der Waals surface area contributed by atoms with Crippen LogP contribution in [0.5, 0.6) is 0 Å². The number of amides is 1. The average molecular weight is 336 g/mol. The smallest absolute Gasteiger partial charge is 0.325 e. The van der Waals surface area contributed by atoms with Gasteiger partial charge in [-0.15, -0.1) is 0 Å². The third-order valence-corrected chi connectivity index (χ3v) is 3.85. The molecule has 1 amide bonds. The van der Waals surface area contributed by atoms with Crippen LogP contribution in [-0.2, 0) is 16.0 Å². The number of nitrogens with zero attached hydrogens (tertiary/aromatic N) is 2. The van der Waals surface area contributed by atoms with Crippen LogP contribution in [0.1, 0.15) is 23.9 Å². The molecule has 0 unspecified atom stereocenters. The molecule has 2 aromatic rings. The Bertz CT molecular complexity index is 738. The third kappa shape index (κ3) is 3.90. The molecule has 7 heteroatoms. The van der Waals surface area contributed by atoms with Gasteiger partial charge in [-0.3, -0.25) is 9.59 Å². The molecule has 0 saturated heterocycles. The highest BCUT2D eigenvalue weighted by Gasteiger charge is 2.19. The van der Waals surface area contributed by atoms with Gasteiger partial charge in [0.2, 0.25) is 5.91 Å². The Balaban J connectivity index is 2.22. The van der Waals surface area contributed by atoms with Crippen LogP contribution in [0, 0.1) is 13.8 Å². The lowest BCUT2D eigenvalue weighted by Crippen LogP contribution is -2.39. The zero-order valence-electron chi connectivity index (χ0n) is 13.1. The van der Waals surface area contributed by atoms with Crippen molar-refractivity contribution in [2.75, 3.05) is 0 Å². The molecule has 0 aliphatic rings. The summed E-state index contributed by atoms with van der Waals surface area (Å²) in [5.74, 6) is -1.41. The predicted molar refractivity (Wildman–Crippen MR) is 87.0 cm³/mol. The van der Waals surface area contributed by atoms with Crippen LogP contribution in [0.25, 0.3) is 5.69 Å². The van der Waals surface area contributed by atoms with Crippen LogP contribution in [0.3, 0.4) is 0 Å².